The third kappa shape index (κ3) is 3.81. The summed E-state index contributed by atoms with van der Waals surface area (Å²) in [6.07, 6.45) is 8.42. The molecule has 0 spiro atoms. The Labute approximate surface area is 191 Å². The molecule has 1 saturated heterocycles. The fourth-order valence-corrected chi connectivity index (χ4v) is 4.95. The summed E-state index contributed by atoms with van der Waals surface area (Å²) in [6, 6.07) is 3.55. The zero-order chi connectivity index (χ0) is 23.1. The number of rotatable bonds is 4. The monoisotopic (exact) mass is 450 g/mol. The standard InChI is InChI=1S/C24H27FN6O2/c1-29-12-9-26-23(29)24(33)31-10-7-15(8-11-31)13-16-14-27-28-22(16)18-3-5-19-17(21(18)25)4-6-20(32)30(19)2/h3,5,9,12,14-15H,4,6-8,10-11,13H2,1-2H3,(H,27,28). The van der Waals surface area contributed by atoms with E-state index in [9.17, 15) is 9.59 Å². The van der Waals surface area contributed by atoms with Gasteiger partial charge in [-0.15, -0.1) is 0 Å². The highest BCUT2D eigenvalue weighted by Crippen LogP contribution is 2.36. The Morgan fingerprint density at radius 2 is 2.00 bits per heavy atom. The van der Waals surface area contributed by atoms with Gasteiger partial charge in [0.15, 0.2) is 5.82 Å². The molecule has 4 heterocycles. The Balaban J connectivity index is 1.30. The lowest BCUT2D eigenvalue weighted by molar-refractivity contribution is -0.118. The van der Waals surface area contributed by atoms with Crippen LogP contribution in [0.3, 0.4) is 0 Å². The molecule has 33 heavy (non-hydrogen) atoms. The first-order chi connectivity index (χ1) is 15.9. The maximum absolute atomic E-state index is 15.4. The van der Waals surface area contributed by atoms with Crippen molar-refractivity contribution in [2.75, 3.05) is 25.0 Å². The number of amides is 2. The molecule has 2 aromatic heterocycles. The van der Waals surface area contributed by atoms with E-state index in [1.165, 1.54) is 4.90 Å². The second-order valence-corrected chi connectivity index (χ2v) is 8.95. The van der Waals surface area contributed by atoms with E-state index in [4.69, 9.17) is 0 Å². The number of carbonyl (C=O) groups is 2. The van der Waals surface area contributed by atoms with Gasteiger partial charge in [0.2, 0.25) is 5.91 Å². The Bertz CT molecular complexity index is 1210. The van der Waals surface area contributed by atoms with Crippen LogP contribution in [0.1, 0.15) is 41.0 Å². The molecule has 3 aromatic rings. The van der Waals surface area contributed by atoms with E-state index >= 15 is 4.39 Å². The summed E-state index contributed by atoms with van der Waals surface area (Å²) in [5.41, 5.74) is 3.38. The van der Waals surface area contributed by atoms with Gasteiger partial charge in [-0.25, -0.2) is 9.37 Å². The molecule has 2 aliphatic rings. The fourth-order valence-electron chi connectivity index (χ4n) is 4.95. The molecule has 172 valence electrons. The summed E-state index contributed by atoms with van der Waals surface area (Å²) in [5.74, 6) is 0.527. The van der Waals surface area contributed by atoms with Gasteiger partial charge in [-0.2, -0.15) is 5.10 Å². The smallest absolute Gasteiger partial charge is 0.289 e. The number of likely N-dealkylation sites (tertiary alicyclic amines) is 1. The molecule has 2 amide bonds. The molecule has 1 fully saturated rings. The minimum absolute atomic E-state index is 0.00427. The highest BCUT2D eigenvalue weighted by molar-refractivity contribution is 5.96. The SMILES string of the molecule is CN1C(=O)CCc2c1ccc(-c1[nH]ncc1CC1CCN(C(=O)c3nccn3C)CC1)c2F. The van der Waals surface area contributed by atoms with Gasteiger partial charge in [-0.3, -0.25) is 14.7 Å². The van der Waals surface area contributed by atoms with Gasteiger partial charge in [-0.1, -0.05) is 0 Å². The number of anilines is 1. The van der Waals surface area contributed by atoms with E-state index in [1.54, 1.807) is 36.3 Å². The number of H-pyrrole nitrogens is 1. The molecule has 5 rings (SSSR count). The van der Waals surface area contributed by atoms with Gasteiger partial charge in [-0.05, 0) is 49.3 Å². The van der Waals surface area contributed by atoms with Crippen molar-refractivity contribution in [1.29, 1.82) is 0 Å². The lowest BCUT2D eigenvalue weighted by atomic mass is 9.88. The predicted octanol–water partition coefficient (Wildman–Crippen LogP) is 2.95. The van der Waals surface area contributed by atoms with Gasteiger partial charge >= 0.3 is 0 Å². The quantitative estimate of drug-likeness (QED) is 0.662. The minimum atomic E-state index is -0.284. The van der Waals surface area contributed by atoms with Gasteiger partial charge < -0.3 is 14.4 Å². The lowest BCUT2D eigenvalue weighted by Gasteiger charge is -2.31. The Morgan fingerprint density at radius 1 is 1.21 bits per heavy atom. The molecule has 1 N–H and O–H groups in total. The lowest BCUT2D eigenvalue weighted by Crippen LogP contribution is -2.40. The zero-order valence-electron chi connectivity index (χ0n) is 18.8. The van der Waals surface area contributed by atoms with Crippen LogP contribution in [-0.2, 0) is 24.7 Å². The molecule has 9 heteroatoms. The highest BCUT2D eigenvalue weighted by Gasteiger charge is 2.29. The third-order valence-corrected chi connectivity index (χ3v) is 6.95. The van der Waals surface area contributed by atoms with Crippen molar-refractivity contribution in [3.63, 3.8) is 0 Å². The number of nitrogens with one attached hydrogen (secondary N) is 1. The van der Waals surface area contributed by atoms with Gasteiger partial charge in [0.1, 0.15) is 5.82 Å². The molecule has 0 unspecified atom stereocenters. The number of hydrogen-bond donors (Lipinski definition) is 1. The van der Waals surface area contributed by atoms with Crippen LogP contribution < -0.4 is 4.90 Å². The first-order valence-electron chi connectivity index (χ1n) is 11.3. The number of aryl methyl sites for hydroxylation is 1. The van der Waals surface area contributed by atoms with Gasteiger partial charge in [0.25, 0.3) is 5.91 Å². The summed E-state index contributed by atoms with van der Waals surface area (Å²) in [5, 5.41) is 7.18. The number of aromatic amines is 1. The molecule has 0 aliphatic carbocycles. The van der Waals surface area contributed by atoms with Crippen LogP contribution in [0.15, 0.2) is 30.7 Å². The molecule has 0 bridgehead atoms. The Morgan fingerprint density at radius 3 is 2.73 bits per heavy atom. The van der Waals surface area contributed by atoms with E-state index < -0.39 is 0 Å². The molecule has 2 aliphatic heterocycles. The van der Waals surface area contributed by atoms with Crippen molar-refractivity contribution in [3.8, 4) is 11.3 Å². The maximum atomic E-state index is 15.4. The summed E-state index contributed by atoms with van der Waals surface area (Å²) >= 11 is 0. The van der Waals surface area contributed by atoms with Crippen molar-refractivity contribution in [2.45, 2.75) is 32.1 Å². The van der Waals surface area contributed by atoms with Gasteiger partial charge in [0, 0.05) is 62.8 Å². The van der Waals surface area contributed by atoms with Crippen LogP contribution in [0.2, 0.25) is 0 Å². The number of halogens is 1. The van der Waals surface area contributed by atoms with Crippen molar-refractivity contribution in [2.24, 2.45) is 13.0 Å². The number of piperidine rings is 1. The van der Waals surface area contributed by atoms with E-state index in [-0.39, 0.29) is 17.6 Å². The third-order valence-electron chi connectivity index (χ3n) is 6.95. The molecule has 0 radical (unpaired) electrons. The number of fused-ring (bicyclic) bond motifs is 1. The van der Waals surface area contributed by atoms with Crippen LogP contribution >= 0.6 is 0 Å². The number of benzene rings is 1. The average molecular weight is 451 g/mol. The number of hydrogen-bond acceptors (Lipinski definition) is 4. The van der Waals surface area contributed by atoms with Crippen molar-refractivity contribution >= 4 is 17.5 Å². The number of aromatic nitrogens is 4. The second kappa shape index (κ2) is 8.46. The van der Waals surface area contributed by atoms with Crippen LogP contribution in [0.25, 0.3) is 11.3 Å². The van der Waals surface area contributed by atoms with Crippen LogP contribution in [0.4, 0.5) is 10.1 Å². The van der Waals surface area contributed by atoms with Crippen molar-refractivity contribution < 1.29 is 14.0 Å². The summed E-state index contributed by atoms with van der Waals surface area (Å²) in [6.45, 7) is 1.36. The predicted molar refractivity (Wildman–Crippen MR) is 121 cm³/mol. The molecule has 0 saturated carbocycles. The summed E-state index contributed by atoms with van der Waals surface area (Å²) in [7, 11) is 3.51. The normalized spacial score (nSPS) is 16.9. The summed E-state index contributed by atoms with van der Waals surface area (Å²) < 4.78 is 17.2. The summed E-state index contributed by atoms with van der Waals surface area (Å²) in [4.78, 5) is 32.2. The van der Waals surface area contributed by atoms with Crippen LogP contribution in [0, 0.1) is 11.7 Å². The van der Waals surface area contributed by atoms with Gasteiger partial charge in [0.05, 0.1) is 11.9 Å². The zero-order valence-corrected chi connectivity index (χ0v) is 18.8. The molecule has 1 aromatic carbocycles. The Kier molecular flexibility index (Phi) is 5.47. The van der Waals surface area contributed by atoms with Crippen LogP contribution in [0.5, 0.6) is 0 Å². The number of imidazole rings is 1. The topological polar surface area (TPSA) is 87.1 Å². The largest absolute Gasteiger partial charge is 0.336 e. The van der Waals surface area contributed by atoms with E-state index in [1.807, 2.05) is 18.0 Å². The first-order valence-corrected chi connectivity index (χ1v) is 11.3. The molecular weight excluding hydrogens is 423 g/mol. The van der Waals surface area contributed by atoms with Crippen LogP contribution in [-0.4, -0.2) is 56.6 Å². The second-order valence-electron chi connectivity index (χ2n) is 8.95. The van der Waals surface area contributed by atoms with E-state index in [2.05, 4.69) is 15.2 Å². The number of nitrogens with zero attached hydrogens (tertiary/aromatic N) is 5. The minimum Gasteiger partial charge on any atom is -0.336 e. The average Bonchev–Trinajstić information content (AvgIpc) is 3.45. The fraction of sp³-hybridized carbons (Fsp3) is 0.417. The highest BCUT2D eigenvalue weighted by atomic mass is 19.1. The maximum Gasteiger partial charge on any atom is 0.289 e. The van der Waals surface area contributed by atoms with E-state index in [0.29, 0.717) is 60.2 Å². The van der Waals surface area contributed by atoms with Crippen molar-refractivity contribution in [1.82, 2.24) is 24.6 Å². The van der Waals surface area contributed by atoms with E-state index in [0.717, 1.165) is 24.8 Å². The molecular formula is C24H27FN6O2. The Hall–Kier alpha value is -3.49. The first kappa shape index (κ1) is 21.4. The van der Waals surface area contributed by atoms with Crippen molar-refractivity contribution in [3.05, 3.63) is 53.5 Å². The number of carbonyl (C=O) groups excluding carboxylic acids is 2. The molecule has 8 nitrogen and oxygen atoms in total. The molecule has 0 atom stereocenters.